The third kappa shape index (κ3) is 1.99. The lowest BCUT2D eigenvalue weighted by molar-refractivity contribution is -0.119. The van der Waals surface area contributed by atoms with Crippen LogP contribution in [0.3, 0.4) is 0 Å². The van der Waals surface area contributed by atoms with Gasteiger partial charge in [-0.3, -0.25) is 4.79 Å². The van der Waals surface area contributed by atoms with Crippen LogP contribution in [0.5, 0.6) is 0 Å². The molecule has 64 valence electrons. The van der Waals surface area contributed by atoms with E-state index < -0.39 is 0 Å². The van der Waals surface area contributed by atoms with Gasteiger partial charge in [-0.2, -0.15) is 0 Å². The minimum Gasteiger partial charge on any atom is -0.398 e. The second-order valence-corrected chi connectivity index (χ2v) is 2.55. The van der Waals surface area contributed by atoms with E-state index in [-0.39, 0.29) is 5.91 Å². The van der Waals surface area contributed by atoms with Gasteiger partial charge in [0.25, 0.3) is 0 Å². The highest BCUT2D eigenvalue weighted by atomic mass is 16.1. The van der Waals surface area contributed by atoms with Gasteiger partial charge in [0.2, 0.25) is 5.91 Å². The number of likely N-dealkylation sites (N-methyl/N-ethyl adjacent to an activating group) is 1. The summed E-state index contributed by atoms with van der Waals surface area (Å²) >= 11 is 0. The number of carbonyl (C=O) groups excluding carboxylic acids is 1. The molecule has 12 heavy (non-hydrogen) atoms. The Morgan fingerprint density at radius 3 is 2.75 bits per heavy atom. The molecule has 0 aliphatic rings. The molecule has 0 saturated heterocycles. The first-order valence-corrected chi connectivity index (χ1v) is 3.78. The van der Waals surface area contributed by atoms with Crippen molar-refractivity contribution in [3.05, 3.63) is 29.8 Å². The zero-order valence-electron chi connectivity index (χ0n) is 7.00. The van der Waals surface area contributed by atoms with Crippen LogP contribution < -0.4 is 11.1 Å². The van der Waals surface area contributed by atoms with Crippen molar-refractivity contribution >= 4 is 11.6 Å². The van der Waals surface area contributed by atoms with Gasteiger partial charge in [-0.1, -0.05) is 18.2 Å². The van der Waals surface area contributed by atoms with Crippen molar-refractivity contribution in [2.75, 3.05) is 12.8 Å². The van der Waals surface area contributed by atoms with Crippen LogP contribution in [-0.4, -0.2) is 13.0 Å². The summed E-state index contributed by atoms with van der Waals surface area (Å²) in [5.74, 6) is -0.0205. The monoisotopic (exact) mass is 164 g/mol. The van der Waals surface area contributed by atoms with E-state index in [1.807, 2.05) is 18.2 Å². The van der Waals surface area contributed by atoms with Crippen molar-refractivity contribution in [2.45, 2.75) is 6.42 Å². The van der Waals surface area contributed by atoms with Crippen molar-refractivity contribution in [3.8, 4) is 0 Å². The Hall–Kier alpha value is -1.51. The van der Waals surface area contributed by atoms with Crippen LogP contribution in [-0.2, 0) is 11.2 Å². The molecule has 0 saturated carbocycles. The Morgan fingerprint density at radius 1 is 1.50 bits per heavy atom. The highest BCUT2D eigenvalue weighted by Gasteiger charge is 2.02. The van der Waals surface area contributed by atoms with Crippen LogP contribution in [0.2, 0.25) is 0 Å². The maximum Gasteiger partial charge on any atom is 0.224 e. The number of amides is 1. The van der Waals surface area contributed by atoms with Crippen LogP contribution in [0, 0.1) is 0 Å². The molecule has 0 aliphatic heterocycles. The fraction of sp³-hybridized carbons (Fsp3) is 0.222. The van der Waals surface area contributed by atoms with Gasteiger partial charge in [-0.05, 0) is 11.6 Å². The topological polar surface area (TPSA) is 55.1 Å². The summed E-state index contributed by atoms with van der Waals surface area (Å²) in [6, 6.07) is 7.36. The average molecular weight is 164 g/mol. The lowest BCUT2D eigenvalue weighted by Crippen LogP contribution is -2.20. The number of anilines is 1. The Bertz CT molecular complexity index is 284. The van der Waals surface area contributed by atoms with Crippen molar-refractivity contribution in [1.82, 2.24) is 5.32 Å². The van der Waals surface area contributed by atoms with Gasteiger partial charge in [0.15, 0.2) is 0 Å². The molecule has 1 aromatic carbocycles. The first-order valence-electron chi connectivity index (χ1n) is 3.78. The quantitative estimate of drug-likeness (QED) is 0.627. The Kier molecular flexibility index (Phi) is 2.69. The maximum absolute atomic E-state index is 11.0. The summed E-state index contributed by atoms with van der Waals surface area (Å²) in [7, 11) is 1.61. The predicted molar refractivity (Wildman–Crippen MR) is 48.6 cm³/mol. The van der Waals surface area contributed by atoms with Crippen LogP contribution >= 0.6 is 0 Å². The van der Waals surface area contributed by atoms with Gasteiger partial charge < -0.3 is 11.1 Å². The van der Waals surface area contributed by atoms with Crippen LogP contribution in [0.1, 0.15) is 5.56 Å². The molecule has 0 heterocycles. The summed E-state index contributed by atoms with van der Waals surface area (Å²) in [5, 5.41) is 2.55. The molecule has 0 bridgehead atoms. The Labute approximate surface area is 71.6 Å². The fourth-order valence-corrected chi connectivity index (χ4v) is 0.957. The van der Waals surface area contributed by atoms with E-state index in [2.05, 4.69) is 5.32 Å². The number of benzene rings is 1. The Morgan fingerprint density at radius 2 is 2.17 bits per heavy atom. The third-order valence-corrected chi connectivity index (χ3v) is 1.68. The first kappa shape index (κ1) is 8.59. The van der Waals surface area contributed by atoms with Crippen molar-refractivity contribution < 1.29 is 4.79 Å². The number of rotatable bonds is 2. The maximum atomic E-state index is 11.0. The van der Waals surface area contributed by atoms with E-state index in [9.17, 15) is 4.79 Å². The minimum absolute atomic E-state index is 0.0205. The molecule has 0 atom stereocenters. The molecular weight excluding hydrogens is 152 g/mol. The molecule has 3 N–H and O–H groups in total. The van der Waals surface area contributed by atoms with Gasteiger partial charge in [0, 0.05) is 12.7 Å². The predicted octanol–water partition coefficient (Wildman–Crippen LogP) is 0.557. The van der Waals surface area contributed by atoms with Gasteiger partial charge >= 0.3 is 0 Å². The summed E-state index contributed by atoms with van der Waals surface area (Å²) < 4.78 is 0. The zero-order valence-corrected chi connectivity index (χ0v) is 7.00. The third-order valence-electron chi connectivity index (χ3n) is 1.68. The van der Waals surface area contributed by atoms with Crippen LogP contribution in [0.4, 0.5) is 5.69 Å². The minimum atomic E-state index is -0.0205. The van der Waals surface area contributed by atoms with Crippen molar-refractivity contribution in [3.63, 3.8) is 0 Å². The molecule has 3 heteroatoms. The molecular formula is C9H12N2O. The number of hydrogen-bond donors (Lipinski definition) is 2. The smallest absolute Gasteiger partial charge is 0.224 e. The normalized spacial score (nSPS) is 9.42. The molecule has 3 nitrogen and oxygen atoms in total. The number of nitrogens with one attached hydrogen (secondary N) is 1. The van der Waals surface area contributed by atoms with Gasteiger partial charge in [-0.25, -0.2) is 0 Å². The SMILES string of the molecule is CNC(=O)Cc1ccccc1N. The summed E-state index contributed by atoms with van der Waals surface area (Å²) in [6.45, 7) is 0. The molecule has 1 aromatic rings. The second kappa shape index (κ2) is 3.76. The van der Waals surface area contributed by atoms with Gasteiger partial charge in [0.1, 0.15) is 0 Å². The van der Waals surface area contributed by atoms with E-state index in [1.54, 1.807) is 13.1 Å². The van der Waals surface area contributed by atoms with E-state index in [0.29, 0.717) is 12.1 Å². The number of nitrogen functional groups attached to an aromatic ring is 1. The average Bonchev–Trinajstić information content (AvgIpc) is 2.09. The summed E-state index contributed by atoms with van der Waals surface area (Å²) in [4.78, 5) is 11.0. The van der Waals surface area contributed by atoms with Crippen LogP contribution in [0.15, 0.2) is 24.3 Å². The largest absolute Gasteiger partial charge is 0.398 e. The molecule has 0 aliphatic carbocycles. The molecule has 0 aromatic heterocycles. The number of carbonyl (C=O) groups is 1. The second-order valence-electron chi connectivity index (χ2n) is 2.55. The summed E-state index contributed by atoms with van der Waals surface area (Å²) in [6.07, 6.45) is 0.350. The van der Waals surface area contributed by atoms with E-state index in [1.165, 1.54) is 0 Å². The molecule has 0 spiro atoms. The zero-order chi connectivity index (χ0) is 8.97. The van der Waals surface area contributed by atoms with Gasteiger partial charge in [-0.15, -0.1) is 0 Å². The fourth-order valence-electron chi connectivity index (χ4n) is 0.957. The Balaban J connectivity index is 2.75. The standard InChI is InChI=1S/C9H12N2O/c1-11-9(12)6-7-4-2-3-5-8(7)10/h2-5H,6,10H2,1H3,(H,11,12). The van der Waals surface area contributed by atoms with E-state index >= 15 is 0 Å². The number of para-hydroxylation sites is 1. The molecule has 0 unspecified atom stereocenters. The van der Waals surface area contributed by atoms with Crippen LogP contribution in [0.25, 0.3) is 0 Å². The lowest BCUT2D eigenvalue weighted by Gasteiger charge is -2.02. The highest BCUT2D eigenvalue weighted by molar-refractivity contribution is 5.79. The van der Waals surface area contributed by atoms with E-state index in [0.717, 1.165) is 5.56 Å². The highest BCUT2D eigenvalue weighted by Crippen LogP contribution is 2.10. The molecule has 0 radical (unpaired) electrons. The van der Waals surface area contributed by atoms with Gasteiger partial charge in [0.05, 0.1) is 6.42 Å². The summed E-state index contributed by atoms with van der Waals surface area (Å²) in [5.41, 5.74) is 7.18. The molecule has 1 rings (SSSR count). The van der Waals surface area contributed by atoms with Crippen molar-refractivity contribution in [2.24, 2.45) is 0 Å². The number of hydrogen-bond acceptors (Lipinski definition) is 2. The first-order chi connectivity index (χ1) is 5.74. The van der Waals surface area contributed by atoms with E-state index in [4.69, 9.17) is 5.73 Å². The van der Waals surface area contributed by atoms with Crippen molar-refractivity contribution in [1.29, 1.82) is 0 Å². The molecule has 0 fully saturated rings. The lowest BCUT2D eigenvalue weighted by atomic mass is 10.1. The molecule has 1 amide bonds. The number of nitrogens with two attached hydrogens (primary N) is 1.